The largest absolute Gasteiger partial charge is 1.00 e. The number of aromatic nitrogens is 2. The standard InChI is InChI=1S/C26H31N2O3Si.HI/c1-29-32(30-2,31-3)22-4-19-28-20-15-26(16-21-28)12-10-24-7-5-23(6-8-24)9-11-25-13-17-27-18-14-25;/h5-18,20-21H,4,19,22H2,1-3H3;1H/q+1;/p-1/b11-9+,12-10+;. The Morgan fingerprint density at radius 1 is 0.697 bits per heavy atom. The van der Waals surface area contributed by atoms with Gasteiger partial charge in [0.2, 0.25) is 0 Å². The fraction of sp³-hybridized carbons (Fsp3) is 0.231. The van der Waals surface area contributed by atoms with Crippen LogP contribution in [0.2, 0.25) is 6.04 Å². The van der Waals surface area contributed by atoms with Crippen LogP contribution in [0.3, 0.4) is 0 Å². The molecule has 0 bridgehead atoms. The van der Waals surface area contributed by atoms with Gasteiger partial charge in [-0.25, -0.2) is 4.57 Å². The fourth-order valence-electron chi connectivity index (χ4n) is 3.34. The van der Waals surface area contributed by atoms with Crippen LogP contribution in [-0.4, -0.2) is 35.1 Å². The van der Waals surface area contributed by atoms with Gasteiger partial charge in [0.1, 0.15) is 6.54 Å². The number of pyridine rings is 2. The van der Waals surface area contributed by atoms with Gasteiger partial charge in [-0.3, -0.25) is 4.98 Å². The summed E-state index contributed by atoms with van der Waals surface area (Å²) in [5, 5.41) is 0. The van der Waals surface area contributed by atoms with E-state index in [1.807, 2.05) is 12.1 Å². The molecule has 0 saturated carbocycles. The van der Waals surface area contributed by atoms with Gasteiger partial charge >= 0.3 is 8.80 Å². The molecule has 0 spiro atoms. The number of halogens is 1. The highest BCUT2D eigenvalue weighted by molar-refractivity contribution is 6.60. The predicted molar refractivity (Wildman–Crippen MR) is 131 cm³/mol. The molecular weight excluding hydrogens is 543 g/mol. The smallest absolute Gasteiger partial charge is 0.500 e. The first-order chi connectivity index (χ1) is 15.7. The van der Waals surface area contributed by atoms with Gasteiger partial charge in [0, 0.05) is 58.3 Å². The second kappa shape index (κ2) is 14.2. The van der Waals surface area contributed by atoms with E-state index in [-0.39, 0.29) is 24.0 Å². The maximum Gasteiger partial charge on any atom is 0.500 e. The molecule has 174 valence electrons. The minimum absolute atomic E-state index is 0. The van der Waals surface area contributed by atoms with E-state index >= 15 is 0 Å². The molecule has 0 N–H and O–H groups in total. The maximum absolute atomic E-state index is 5.48. The number of aryl methyl sites for hydroxylation is 1. The monoisotopic (exact) mass is 574 g/mol. The van der Waals surface area contributed by atoms with E-state index in [0.717, 1.165) is 30.1 Å². The van der Waals surface area contributed by atoms with E-state index in [1.165, 1.54) is 11.1 Å². The van der Waals surface area contributed by atoms with Crippen LogP contribution < -0.4 is 28.5 Å². The number of nitrogens with zero attached hydrogens (tertiary/aromatic N) is 2. The molecule has 0 fully saturated rings. The third kappa shape index (κ3) is 8.60. The van der Waals surface area contributed by atoms with Crippen LogP contribution in [0.25, 0.3) is 24.3 Å². The molecule has 1 aromatic carbocycles. The zero-order valence-corrected chi connectivity index (χ0v) is 22.5. The van der Waals surface area contributed by atoms with Gasteiger partial charge in [-0.1, -0.05) is 48.6 Å². The molecule has 2 aromatic heterocycles. The Kier molecular flexibility index (Phi) is 11.6. The highest BCUT2D eigenvalue weighted by Gasteiger charge is 2.37. The van der Waals surface area contributed by atoms with Crippen molar-refractivity contribution < 1.29 is 41.8 Å². The first kappa shape index (κ1) is 27.1. The lowest BCUT2D eigenvalue weighted by molar-refractivity contribution is -0.697. The molecule has 0 aliphatic heterocycles. The van der Waals surface area contributed by atoms with Crippen LogP contribution in [0.4, 0.5) is 0 Å². The molecule has 0 aliphatic rings. The summed E-state index contributed by atoms with van der Waals surface area (Å²) in [5.74, 6) is 0. The summed E-state index contributed by atoms with van der Waals surface area (Å²) in [6.07, 6.45) is 17.2. The Labute approximate surface area is 215 Å². The lowest BCUT2D eigenvalue weighted by Gasteiger charge is -2.23. The molecule has 5 nitrogen and oxygen atoms in total. The highest BCUT2D eigenvalue weighted by atomic mass is 127. The molecule has 3 rings (SSSR count). The van der Waals surface area contributed by atoms with Crippen molar-refractivity contribution in [2.24, 2.45) is 0 Å². The van der Waals surface area contributed by atoms with Crippen molar-refractivity contribution in [3.8, 4) is 0 Å². The van der Waals surface area contributed by atoms with Crippen molar-refractivity contribution in [1.82, 2.24) is 4.98 Å². The Morgan fingerprint density at radius 2 is 1.12 bits per heavy atom. The van der Waals surface area contributed by atoms with Crippen LogP contribution in [-0.2, 0) is 19.8 Å². The van der Waals surface area contributed by atoms with E-state index in [2.05, 4.69) is 82.6 Å². The van der Waals surface area contributed by atoms with Crippen molar-refractivity contribution in [2.75, 3.05) is 21.3 Å². The summed E-state index contributed by atoms with van der Waals surface area (Å²) < 4.78 is 18.6. The van der Waals surface area contributed by atoms with Crippen LogP contribution in [0, 0.1) is 0 Å². The fourth-order valence-corrected chi connectivity index (χ4v) is 5.04. The van der Waals surface area contributed by atoms with Gasteiger partial charge in [0.15, 0.2) is 12.4 Å². The van der Waals surface area contributed by atoms with E-state index in [9.17, 15) is 0 Å². The average molecular weight is 575 g/mol. The average Bonchev–Trinajstić information content (AvgIpc) is 2.86. The van der Waals surface area contributed by atoms with Crippen molar-refractivity contribution in [3.63, 3.8) is 0 Å². The van der Waals surface area contributed by atoms with Gasteiger partial charge in [0.05, 0.1) is 0 Å². The zero-order chi connectivity index (χ0) is 22.7. The molecule has 0 saturated heterocycles. The van der Waals surface area contributed by atoms with E-state index in [4.69, 9.17) is 13.3 Å². The predicted octanol–water partition coefficient (Wildman–Crippen LogP) is 1.98. The van der Waals surface area contributed by atoms with Crippen LogP contribution in [0.1, 0.15) is 28.7 Å². The normalized spacial score (nSPS) is 11.7. The summed E-state index contributed by atoms with van der Waals surface area (Å²) in [4.78, 5) is 4.04. The lowest BCUT2D eigenvalue weighted by Crippen LogP contribution is -3.00. The third-order valence-corrected chi connectivity index (χ3v) is 8.16. The Balaban J connectivity index is 0.00000385. The van der Waals surface area contributed by atoms with Crippen LogP contribution in [0.15, 0.2) is 73.3 Å². The van der Waals surface area contributed by atoms with E-state index < -0.39 is 8.80 Å². The second-order valence-electron chi connectivity index (χ2n) is 7.38. The molecule has 0 unspecified atom stereocenters. The van der Waals surface area contributed by atoms with Crippen LogP contribution in [0.5, 0.6) is 0 Å². The Morgan fingerprint density at radius 3 is 1.58 bits per heavy atom. The van der Waals surface area contributed by atoms with Crippen molar-refractivity contribution >= 4 is 33.1 Å². The van der Waals surface area contributed by atoms with Gasteiger partial charge in [-0.15, -0.1) is 0 Å². The summed E-state index contributed by atoms with van der Waals surface area (Å²) in [7, 11) is 2.47. The maximum atomic E-state index is 5.48. The molecule has 33 heavy (non-hydrogen) atoms. The van der Waals surface area contributed by atoms with E-state index in [1.54, 1.807) is 33.7 Å². The van der Waals surface area contributed by atoms with Crippen molar-refractivity contribution in [1.29, 1.82) is 0 Å². The number of hydrogen-bond donors (Lipinski definition) is 0. The van der Waals surface area contributed by atoms with Crippen LogP contribution >= 0.6 is 0 Å². The number of benzene rings is 1. The molecule has 2 heterocycles. The molecule has 0 atom stereocenters. The third-order valence-electron chi connectivity index (χ3n) is 5.33. The molecule has 7 heteroatoms. The molecular formula is C26H31IN2O3Si. The van der Waals surface area contributed by atoms with Gasteiger partial charge in [0.25, 0.3) is 0 Å². The van der Waals surface area contributed by atoms with Crippen molar-refractivity contribution in [3.05, 3.63) is 95.6 Å². The van der Waals surface area contributed by atoms with E-state index in [0.29, 0.717) is 0 Å². The Hall–Kier alpha value is -2.17. The Bertz CT molecular complexity index is 998. The topological polar surface area (TPSA) is 44.5 Å². The minimum atomic E-state index is -2.49. The lowest BCUT2D eigenvalue weighted by atomic mass is 10.1. The highest BCUT2D eigenvalue weighted by Crippen LogP contribution is 2.15. The SMILES string of the molecule is CO[Si](CCC[n+]1ccc(/C=C/c2ccc(/C=C/c3ccncc3)cc2)cc1)(OC)OC.[I-]. The quantitative estimate of drug-likeness (QED) is 0.200. The molecule has 0 radical (unpaired) electrons. The second-order valence-corrected chi connectivity index (χ2v) is 10.5. The first-order valence-corrected chi connectivity index (χ1v) is 12.6. The summed E-state index contributed by atoms with van der Waals surface area (Å²) in [6, 6.07) is 17.5. The van der Waals surface area contributed by atoms with Crippen molar-refractivity contribution in [2.45, 2.75) is 19.0 Å². The summed E-state index contributed by atoms with van der Waals surface area (Å²) >= 11 is 0. The van der Waals surface area contributed by atoms with Gasteiger partial charge in [-0.05, 0) is 34.4 Å². The minimum Gasteiger partial charge on any atom is -1.00 e. The molecule has 0 amide bonds. The molecule has 3 aromatic rings. The zero-order valence-electron chi connectivity index (χ0n) is 19.4. The first-order valence-electron chi connectivity index (χ1n) is 10.7. The summed E-state index contributed by atoms with van der Waals surface area (Å²) in [5.41, 5.74) is 4.64. The summed E-state index contributed by atoms with van der Waals surface area (Å²) in [6.45, 7) is 0.892. The molecule has 0 aliphatic carbocycles. The number of rotatable bonds is 11. The number of hydrogen-bond acceptors (Lipinski definition) is 4. The van der Waals surface area contributed by atoms with Gasteiger partial charge in [-0.2, -0.15) is 0 Å². The van der Waals surface area contributed by atoms with Gasteiger partial charge < -0.3 is 37.3 Å².